The standard InChI is InChI=1S/C25H23FN2OS/c1-3-8-22-23(18-13-15-19(26)16-14-18)28(4-2)25(30-22)27-24(29)21-12-7-10-17-9-5-6-11-20(17)21/h5-7,9-16H,3-4,8H2,1-2H3. The Balaban J connectivity index is 1.87. The molecule has 4 aromatic rings. The highest BCUT2D eigenvalue weighted by Gasteiger charge is 2.16. The maximum atomic E-state index is 13.5. The van der Waals surface area contributed by atoms with Crippen molar-refractivity contribution < 1.29 is 9.18 Å². The molecule has 0 radical (unpaired) electrons. The van der Waals surface area contributed by atoms with Gasteiger partial charge in [0.1, 0.15) is 5.82 Å². The third kappa shape index (κ3) is 3.85. The van der Waals surface area contributed by atoms with Gasteiger partial charge in [0.2, 0.25) is 0 Å². The smallest absolute Gasteiger partial charge is 0.280 e. The predicted molar refractivity (Wildman–Crippen MR) is 121 cm³/mol. The van der Waals surface area contributed by atoms with Crippen LogP contribution < -0.4 is 4.80 Å². The van der Waals surface area contributed by atoms with E-state index in [0.29, 0.717) is 16.9 Å². The van der Waals surface area contributed by atoms with Gasteiger partial charge in [-0.05, 0) is 60.0 Å². The zero-order valence-electron chi connectivity index (χ0n) is 17.1. The molecule has 1 aromatic heterocycles. The van der Waals surface area contributed by atoms with Crippen molar-refractivity contribution in [1.29, 1.82) is 0 Å². The molecule has 1 heterocycles. The Morgan fingerprint density at radius 2 is 1.73 bits per heavy atom. The van der Waals surface area contributed by atoms with E-state index in [1.54, 1.807) is 23.5 Å². The number of nitrogens with zero attached hydrogens (tertiary/aromatic N) is 2. The van der Waals surface area contributed by atoms with Gasteiger partial charge in [-0.1, -0.05) is 49.7 Å². The lowest BCUT2D eigenvalue weighted by molar-refractivity contribution is 0.0999. The van der Waals surface area contributed by atoms with E-state index in [9.17, 15) is 9.18 Å². The fourth-order valence-electron chi connectivity index (χ4n) is 3.72. The number of carbonyl (C=O) groups is 1. The normalized spacial score (nSPS) is 11.9. The van der Waals surface area contributed by atoms with Crippen LogP contribution in [0.2, 0.25) is 0 Å². The maximum absolute atomic E-state index is 13.5. The van der Waals surface area contributed by atoms with Crippen LogP contribution in [0.5, 0.6) is 0 Å². The van der Waals surface area contributed by atoms with E-state index in [1.807, 2.05) is 49.4 Å². The summed E-state index contributed by atoms with van der Waals surface area (Å²) in [6.45, 7) is 4.84. The maximum Gasteiger partial charge on any atom is 0.280 e. The minimum absolute atomic E-state index is 0.246. The number of halogens is 1. The Bertz CT molecular complexity index is 1260. The summed E-state index contributed by atoms with van der Waals surface area (Å²) in [5, 5.41) is 1.92. The zero-order chi connectivity index (χ0) is 21.1. The second-order valence-corrected chi connectivity index (χ2v) is 8.16. The van der Waals surface area contributed by atoms with Gasteiger partial charge in [-0.25, -0.2) is 4.39 Å². The Morgan fingerprint density at radius 3 is 2.47 bits per heavy atom. The molecule has 0 atom stereocenters. The number of hydrogen-bond acceptors (Lipinski definition) is 2. The molecule has 0 spiro atoms. The van der Waals surface area contributed by atoms with Crippen molar-refractivity contribution >= 4 is 28.0 Å². The summed E-state index contributed by atoms with van der Waals surface area (Å²) in [5.41, 5.74) is 2.57. The summed E-state index contributed by atoms with van der Waals surface area (Å²) in [7, 11) is 0. The first-order valence-corrected chi connectivity index (χ1v) is 11.0. The van der Waals surface area contributed by atoms with Crippen molar-refractivity contribution in [2.75, 3.05) is 0 Å². The average molecular weight is 419 g/mol. The van der Waals surface area contributed by atoms with Crippen molar-refractivity contribution in [3.8, 4) is 11.3 Å². The molecule has 0 N–H and O–H groups in total. The highest BCUT2D eigenvalue weighted by Crippen LogP contribution is 2.28. The second-order valence-electron chi connectivity index (χ2n) is 7.10. The Kier molecular flexibility index (Phi) is 5.91. The third-order valence-electron chi connectivity index (χ3n) is 5.11. The molecular weight excluding hydrogens is 395 g/mol. The van der Waals surface area contributed by atoms with Gasteiger partial charge < -0.3 is 4.57 Å². The molecule has 0 aliphatic rings. The summed E-state index contributed by atoms with van der Waals surface area (Å²) < 4.78 is 15.5. The zero-order valence-corrected chi connectivity index (χ0v) is 17.9. The van der Waals surface area contributed by atoms with E-state index in [4.69, 9.17) is 0 Å². The molecular formula is C25H23FN2OS. The summed E-state index contributed by atoms with van der Waals surface area (Å²) in [4.78, 5) is 19.5. The number of aromatic nitrogens is 1. The van der Waals surface area contributed by atoms with E-state index in [0.717, 1.165) is 39.7 Å². The van der Waals surface area contributed by atoms with Crippen LogP contribution in [0.1, 0.15) is 35.5 Å². The van der Waals surface area contributed by atoms with E-state index in [1.165, 1.54) is 12.1 Å². The molecule has 30 heavy (non-hydrogen) atoms. The molecule has 3 aromatic carbocycles. The van der Waals surface area contributed by atoms with Crippen molar-refractivity contribution in [2.45, 2.75) is 33.2 Å². The van der Waals surface area contributed by atoms with Crippen LogP contribution in [-0.4, -0.2) is 10.5 Å². The van der Waals surface area contributed by atoms with Gasteiger partial charge in [0.05, 0.1) is 5.69 Å². The lowest BCUT2D eigenvalue weighted by atomic mass is 10.0. The quantitative estimate of drug-likeness (QED) is 0.379. The highest BCUT2D eigenvalue weighted by atomic mass is 32.1. The first kappa shape index (κ1) is 20.2. The largest absolute Gasteiger partial charge is 0.316 e. The molecule has 0 aliphatic heterocycles. The van der Waals surface area contributed by atoms with Gasteiger partial charge in [0.25, 0.3) is 5.91 Å². The van der Waals surface area contributed by atoms with E-state index in [2.05, 4.69) is 16.5 Å². The van der Waals surface area contributed by atoms with Gasteiger partial charge in [-0.2, -0.15) is 4.99 Å². The van der Waals surface area contributed by atoms with Crippen LogP contribution >= 0.6 is 11.3 Å². The number of benzene rings is 3. The van der Waals surface area contributed by atoms with Gasteiger partial charge in [-0.3, -0.25) is 4.79 Å². The summed E-state index contributed by atoms with van der Waals surface area (Å²) in [6, 6.07) is 20.1. The fourth-order valence-corrected chi connectivity index (χ4v) is 5.03. The Morgan fingerprint density at radius 1 is 1.00 bits per heavy atom. The molecule has 1 amide bonds. The van der Waals surface area contributed by atoms with Crippen molar-refractivity contribution in [2.24, 2.45) is 4.99 Å². The number of amides is 1. The number of hydrogen-bond donors (Lipinski definition) is 0. The average Bonchev–Trinajstić information content (AvgIpc) is 3.10. The SMILES string of the molecule is CCCc1sc(=NC(=O)c2cccc3ccccc23)n(CC)c1-c1ccc(F)cc1. The summed E-state index contributed by atoms with van der Waals surface area (Å²) >= 11 is 1.54. The lowest BCUT2D eigenvalue weighted by Crippen LogP contribution is -2.17. The van der Waals surface area contributed by atoms with Gasteiger partial charge in [-0.15, -0.1) is 11.3 Å². The molecule has 0 saturated carbocycles. The molecule has 0 aliphatic carbocycles. The minimum atomic E-state index is -0.259. The monoisotopic (exact) mass is 418 g/mol. The number of fused-ring (bicyclic) bond motifs is 1. The Hall–Kier alpha value is -3.05. The van der Waals surface area contributed by atoms with Gasteiger partial charge in [0.15, 0.2) is 4.80 Å². The fraction of sp³-hybridized carbons (Fsp3) is 0.200. The predicted octanol–water partition coefficient (Wildman–Crippen LogP) is 6.22. The molecule has 152 valence electrons. The lowest BCUT2D eigenvalue weighted by Gasteiger charge is -2.09. The summed E-state index contributed by atoms with van der Waals surface area (Å²) in [5.74, 6) is -0.505. The van der Waals surface area contributed by atoms with Gasteiger partial charge >= 0.3 is 0 Å². The molecule has 0 fully saturated rings. The van der Waals surface area contributed by atoms with Crippen LogP contribution in [0.15, 0.2) is 71.7 Å². The topological polar surface area (TPSA) is 34.4 Å². The van der Waals surface area contributed by atoms with E-state index < -0.39 is 0 Å². The van der Waals surface area contributed by atoms with Crippen LogP contribution in [0.3, 0.4) is 0 Å². The molecule has 0 unspecified atom stereocenters. The van der Waals surface area contributed by atoms with E-state index in [-0.39, 0.29) is 11.7 Å². The van der Waals surface area contributed by atoms with Gasteiger partial charge in [0, 0.05) is 17.0 Å². The third-order valence-corrected chi connectivity index (χ3v) is 6.25. The first-order chi connectivity index (χ1) is 14.6. The number of carbonyl (C=O) groups excluding carboxylic acids is 1. The summed E-state index contributed by atoms with van der Waals surface area (Å²) in [6.07, 6.45) is 1.87. The first-order valence-electron chi connectivity index (χ1n) is 10.2. The molecule has 0 bridgehead atoms. The highest BCUT2D eigenvalue weighted by molar-refractivity contribution is 7.09. The molecule has 0 saturated heterocycles. The second kappa shape index (κ2) is 8.76. The van der Waals surface area contributed by atoms with E-state index >= 15 is 0 Å². The van der Waals surface area contributed by atoms with Crippen molar-refractivity contribution in [3.63, 3.8) is 0 Å². The molecule has 5 heteroatoms. The number of aryl methyl sites for hydroxylation is 1. The van der Waals surface area contributed by atoms with Crippen molar-refractivity contribution in [1.82, 2.24) is 4.57 Å². The minimum Gasteiger partial charge on any atom is -0.316 e. The van der Waals surface area contributed by atoms with Crippen molar-refractivity contribution in [3.05, 3.63) is 87.8 Å². The molecule has 4 rings (SSSR count). The Labute approximate surface area is 179 Å². The van der Waals surface area contributed by atoms with Crippen LogP contribution in [0, 0.1) is 5.82 Å². The number of thiazole rings is 1. The van der Waals surface area contributed by atoms with Crippen LogP contribution in [0.4, 0.5) is 4.39 Å². The molecule has 3 nitrogen and oxygen atoms in total. The van der Waals surface area contributed by atoms with Crippen LogP contribution in [-0.2, 0) is 13.0 Å². The van der Waals surface area contributed by atoms with Crippen LogP contribution in [0.25, 0.3) is 22.0 Å². The number of rotatable bonds is 5.